The molecule has 80 valence electrons. The van der Waals surface area contributed by atoms with Crippen LogP contribution in [-0.2, 0) is 20.9 Å². The third kappa shape index (κ3) is 2.18. The van der Waals surface area contributed by atoms with Gasteiger partial charge in [-0.25, -0.2) is 0 Å². The van der Waals surface area contributed by atoms with Gasteiger partial charge >= 0.3 is 5.97 Å². The van der Waals surface area contributed by atoms with Crippen LogP contribution in [0.15, 0.2) is 30.3 Å². The molecule has 0 aromatic heterocycles. The highest BCUT2D eigenvalue weighted by Gasteiger charge is 2.45. The van der Waals surface area contributed by atoms with Crippen molar-refractivity contribution in [3.8, 4) is 0 Å². The first-order valence-electron chi connectivity index (χ1n) is 5.00. The van der Waals surface area contributed by atoms with Gasteiger partial charge in [-0.05, 0) is 12.5 Å². The molecule has 0 saturated carbocycles. The topological polar surface area (TPSA) is 35.5 Å². The molecule has 1 aliphatic heterocycles. The Bertz CT molecular complexity index is 347. The van der Waals surface area contributed by atoms with Crippen molar-refractivity contribution in [3.05, 3.63) is 35.9 Å². The third-order valence-electron chi connectivity index (χ3n) is 2.55. The number of cyclic esters (lactones) is 1. The monoisotopic (exact) mass is 206 g/mol. The van der Waals surface area contributed by atoms with E-state index in [-0.39, 0.29) is 5.97 Å². The van der Waals surface area contributed by atoms with Crippen molar-refractivity contribution in [2.75, 3.05) is 13.2 Å². The summed E-state index contributed by atoms with van der Waals surface area (Å²) in [6.45, 7) is 3.31. The number of carbonyl (C=O) groups is 1. The molecule has 0 spiro atoms. The highest BCUT2D eigenvalue weighted by molar-refractivity contribution is 5.81. The number of hydrogen-bond donors (Lipinski definition) is 0. The lowest BCUT2D eigenvalue weighted by Gasteiger charge is -2.35. The third-order valence-corrected chi connectivity index (χ3v) is 2.55. The van der Waals surface area contributed by atoms with Gasteiger partial charge in [0, 0.05) is 0 Å². The number of carbonyl (C=O) groups excluding carboxylic acids is 1. The van der Waals surface area contributed by atoms with Crippen molar-refractivity contribution in [1.82, 2.24) is 0 Å². The Morgan fingerprint density at radius 3 is 2.67 bits per heavy atom. The van der Waals surface area contributed by atoms with Crippen LogP contribution < -0.4 is 0 Å². The highest BCUT2D eigenvalue weighted by Crippen LogP contribution is 2.28. The molecule has 3 nitrogen and oxygen atoms in total. The fourth-order valence-electron chi connectivity index (χ4n) is 1.45. The van der Waals surface area contributed by atoms with E-state index in [0.29, 0.717) is 19.8 Å². The Morgan fingerprint density at radius 1 is 1.40 bits per heavy atom. The molecule has 3 heteroatoms. The van der Waals surface area contributed by atoms with Gasteiger partial charge < -0.3 is 9.47 Å². The zero-order valence-corrected chi connectivity index (χ0v) is 8.73. The Balaban J connectivity index is 1.78. The van der Waals surface area contributed by atoms with Gasteiger partial charge in [-0.3, -0.25) is 4.79 Å². The van der Waals surface area contributed by atoms with Crippen molar-refractivity contribution in [2.24, 2.45) is 5.41 Å². The maximum absolute atomic E-state index is 11.1. The molecule has 1 aromatic rings. The van der Waals surface area contributed by atoms with Crippen molar-refractivity contribution in [1.29, 1.82) is 0 Å². The first kappa shape index (κ1) is 10.2. The van der Waals surface area contributed by atoms with E-state index >= 15 is 0 Å². The van der Waals surface area contributed by atoms with Crippen LogP contribution in [0, 0.1) is 5.41 Å². The summed E-state index contributed by atoms with van der Waals surface area (Å²) in [5, 5.41) is 0. The molecule has 1 aliphatic rings. The Kier molecular flexibility index (Phi) is 2.73. The zero-order valence-electron chi connectivity index (χ0n) is 8.73. The molecule has 1 aromatic carbocycles. The predicted octanol–water partition coefficient (Wildman–Crippen LogP) is 1.77. The van der Waals surface area contributed by atoms with Gasteiger partial charge in [-0.15, -0.1) is 0 Å². The summed E-state index contributed by atoms with van der Waals surface area (Å²) in [6, 6.07) is 9.91. The van der Waals surface area contributed by atoms with Gasteiger partial charge in [0.25, 0.3) is 0 Å². The van der Waals surface area contributed by atoms with Crippen LogP contribution in [0.2, 0.25) is 0 Å². The van der Waals surface area contributed by atoms with Crippen molar-refractivity contribution >= 4 is 5.97 Å². The fourth-order valence-corrected chi connectivity index (χ4v) is 1.45. The maximum Gasteiger partial charge on any atom is 0.317 e. The van der Waals surface area contributed by atoms with Crippen LogP contribution >= 0.6 is 0 Å². The van der Waals surface area contributed by atoms with Gasteiger partial charge in [0.2, 0.25) is 0 Å². The second-order valence-electron chi connectivity index (χ2n) is 4.12. The van der Waals surface area contributed by atoms with E-state index in [4.69, 9.17) is 9.47 Å². The van der Waals surface area contributed by atoms with Gasteiger partial charge in [0.1, 0.15) is 12.0 Å². The second-order valence-corrected chi connectivity index (χ2v) is 4.12. The maximum atomic E-state index is 11.1. The number of hydrogen-bond acceptors (Lipinski definition) is 3. The van der Waals surface area contributed by atoms with Gasteiger partial charge in [-0.1, -0.05) is 30.3 Å². The quantitative estimate of drug-likeness (QED) is 0.704. The molecule has 0 aliphatic carbocycles. The number of rotatable bonds is 4. The summed E-state index contributed by atoms with van der Waals surface area (Å²) in [5.74, 6) is -0.157. The lowest BCUT2D eigenvalue weighted by Crippen LogP contribution is -2.48. The van der Waals surface area contributed by atoms with E-state index in [9.17, 15) is 4.79 Å². The van der Waals surface area contributed by atoms with Gasteiger partial charge in [-0.2, -0.15) is 0 Å². The molecule has 0 amide bonds. The minimum Gasteiger partial charge on any atom is -0.464 e. The first-order valence-corrected chi connectivity index (χ1v) is 5.00. The lowest BCUT2D eigenvalue weighted by atomic mass is 9.89. The Morgan fingerprint density at radius 2 is 2.13 bits per heavy atom. The minimum absolute atomic E-state index is 0.157. The summed E-state index contributed by atoms with van der Waals surface area (Å²) in [6.07, 6.45) is 0. The highest BCUT2D eigenvalue weighted by atomic mass is 16.6. The van der Waals surface area contributed by atoms with Crippen LogP contribution in [-0.4, -0.2) is 19.2 Å². The summed E-state index contributed by atoms with van der Waals surface area (Å²) in [5.41, 5.74) is 0.697. The van der Waals surface area contributed by atoms with E-state index in [1.807, 2.05) is 37.3 Å². The lowest BCUT2D eigenvalue weighted by molar-refractivity contribution is -0.190. The predicted molar refractivity (Wildman–Crippen MR) is 55.2 cm³/mol. The summed E-state index contributed by atoms with van der Waals surface area (Å²) in [7, 11) is 0. The summed E-state index contributed by atoms with van der Waals surface area (Å²) in [4.78, 5) is 11.1. The van der Waals surface area contributed by atoms with E-state index in [0.717, 1.165) is 5.56 Å². The molecule has 15 heavy (non-hydrogen) atoms. The van der Waals surface area contributed by atoms with Crippen LogP contribution in [0.4, 0.5) is 0 Å². The first-order chi connectivity index (χ1) is 7.21. The molecule has 0 unspecified atom stereocenters. The average molecular weight is 206 g/mol. The summed E-state index contributed by atoms with van der Waals surface area (Å²) >= 11 is 0. The summed E-state index contributed by atoms with van der Waals surface area (Å²) < 4.78 is 10.2. The standard InChI is InChI=1S/C12H14O3/c1-12(9-15-11(12)13)8-14-7-10-5-3-2-4-6-10/h2-6H,7-9H2,1H3/t12-/m0/s1. The van der Waals surface area contributed by atoms with Gasteiger partial charge in [0.15, 0.2) is 0 Å². The number of benzene rings is 1. The fraction of sp³-hybridized carbons (Fsp3) is 0.417. The average Bonchev–Trinajstić information content (AvgIpc) is 2.28. The SMILES string of the molecule is C[C@]1(COCc2ccccc2)COC1=O. The molecule has 0 bridgehead atoms. The largest absolute Gasteiger partial charge is 0.464 e. The molecule has 1 heterocycles. The Labute approximate surface area is 89.0 Å². The number of esters is 1. The zero-order chi connectivity index (χ0) is 10.7. The van der Waals surface area contributed by atoms with Crippen molar-refractivity contribution < 1.29 is 14.3 Å². The van der Waals surface area contributed by atoms with Crippen molar-refractivity contribution in [3.63, 3.8) is 0 Å². The number of ether oxygens (including phenoxy) is 2. The van der Waals surface area contributed by atoms with Gasteiger partial charge in [0.05, 0.1) is 13.2 Å². The smallest absolute Gasteiger partial charge is 0.317 e. The molecule has 1 atom stereocenters. The van der Waals surface area contributed by atoms with Crippen molar-refractivity contribution in [2.45, 2.75) is 13.5 Å². The van der Waals surface area contributed by atoms with E-state index in [2.05, 4.69) is 0 Å². The van der Waals surface area contributed by atoms with E-state index in [1.54, 1.807) is 0 Å². The van der Waals surface area contributed by atoms with E-state index in [1.165, 1.54) is 0 Å². The molecular formula is C12H14O3. The van der Waals surface area contributed by atoms with Crippen LogP contribution in [0.25, 0.3) is 0 Å². The normalized spacial score (nSPS) is 24.5. The molecule has 1 fully saturated rings. The molecule has 2 rings (SSSR count). The Hall–Kier alpha value is -1.35. The molecule has 0 radical (unpaired) electrons. The minimum atomic E-state index is -0.422. The second kappa shape index (κ2) is 4.03. The molecule has 0 N–H and O–H groups in total. The van der Waals surface area contributed by atoms with Crippen LogP contribution in [0.1, 0.15) is 12.5 Å². The van der Waals surface area contributed by atoms with E-state index < -0.39 is 5.41 Å². The van der Waals surface area contributed by atoms with Crippen LogP contribution in [0.3, 0.4) is 0 Å². The molecular weight excluding hydrogens is 192 g/mol. The molecule has 1 saturated heterocycles. The van der Waals surface area contributed by atoms with Crippen LogP contribution in [0.5, 0.6) is 0 Å².